The summed E-state index contributed by atoms with van der Waals surface area (Å²) in [5.74, 6) is -1.16. The van der Waals surface area contributed by atoms with E-state index in [4.69, 9.17) is 5.11 Å². The van der Waals surface area contributed by atoms with Gasteiger partial charge in [-0.15, -0.1) is 0 Å². The predicted molar refractivity (Wildman–Crippen MR) is 84.9 cm³/mol. The molecule has 2 rings (SSSR count). The second kappa shape index (κ2) is 7.04. The molecule has 0 aliphatic heterocycles. The van der Waals surface area contributed by atoms with Crippen molar-refractivity contribution in [2.45, 2.75) is 11.2 Å². The highest BCUT2D eigenvalue weighted by atomic mass is 79.9. The quantitative estimate of drug-likeness (QED) is 0.815. The van der Waals surface area contributed by atoms with Crippen molar-refractivity contribution in [3.05, 3.63) is 65.7 Å². The van der Waals surface area contributed by atoms with Gasteiger partial charge in [0.05, 0.1) is 10.4 Å². The molecule has 0 radical (unpaired) electrons. The molecule has 2 N–H and O–H groups in total. The van der Waals surface area contributed by atoms with Gasteiger partial charge in [0.2, 0.25) is 5.91 Å². The summed E-state index contributed by atoms with van der Waals surface area (Å²) in [6.07, 6.45) is 0.583. The maximum absolute atomic E-state index is 12.1. The van der Waals surface area contributed by atoms with Crippen molar-refractivity contribution in [2.24, 2.45) is 0 Å². The van der Waals surface area contributed by atoms with Crippen LogP contribution in [0.4, 0.5) is 5.69 Å². The molecule has 0 saturated carbocycles. The van der Waals surface area contributed by atoms with Crippen LogP contribution in [0.15, 0.2) is 54.6 Å². The average molecular weight is 348 g/mol. The number of carbonyl (C=O) groups excluding carboxylic acids is 1. The zero-order valence-electron chi connectivity index (χ0n) is 11.1. The summed E-state index contributed by atoms with van der Waals surface area (Å²) in [5, 5.41) is 11.6. The molecule has 0 spiro atoms. The van der Waals surface area contributed by atoms with E-state index >= 15 is 0 Å². The number of carboxylic acids is 1. The summed E-state index contributed by atoms with van der Waals surface area (Å²) in [6.45, 7) is 0. The van der Waals surface area contributed by atoms with Gasteiger partial charge in [0, 0.05) is 5.69 Å². The molecule has 0 aliphatic rings. The summed E-state index contributed by atoms with van der Waals surface area (Å²) >= 11 is 3.37. The van der Waals surface area contributed by atoms with Crippen LogP contribution in [0.25, 0.3) is 0 Å². The topological polar surface area (TPSA) is 66.4 Å². The lowest BCUT2D eigenvalue weighted by atomic mass is 10.1. The average Bonchev–Trinajstić information content (AvgIpc) is 2.48. The van der Waals surface area contributed by atoms with Gasteiger partial charge in [-0.2, -0.15) is 0 Å². The first-order chi connectivity index (χ1) is 10.1. The number of hydrogen-bond acceptors (Lipinski definition) is 2. The van der Waals surface area contributed by atoms with E-state index in [9.17, 15) is 9.59 Å². The predicted octanol–water partition coefficient (Wildman–Crippen LogP) is 3.33. The Morgan fingerprint density at radius 2 is 1.67 bits per heavy atom. The van der Waals surface area contributed by atoms with E-state index in [1.807, 2.05) is 30.3 Å². The van der Waals surface area contributed by atoms with Gasteiger partial charge < -0.3 is 10.4 Å². The molecule has 0 aromatic heterocycles. The maximum Gasteiger partial charge on any atom is 0.335 e. The second-order valence-electron chi connectivity index (χ2n) is 4.53. The Bertz CT molecular complexity index is 626. The lowest BCUT2D eigenvalue weighted by Crippen LogP contribution is -2.24. The summed E-state index contributed by atoms with van der Waals surface area (Å²) in [5.41, 5.74) is 1.82. The van der Waals surface area contributed by atoms with Crippen LogP contribution in [0.5, 0.6) is 0 Å². The van der Waals surface area contributed by atoms with Gasteiger partial charge in [-0.25, -0.2) is 4.79 Å². The minimum Gasteiger partial charge on any atom is -0.478 e. The van der Waals surface area contributed by atoms with E-state index in [2.05, 4.69) is 21.2 Å². The van der Waals surface area contributed by atoms with Gasteiger partial charge in [0.15, 0.2) is 0 Å². The van der Waals surface area contributed by atoms with E-state index in [1.54, 1.807) is 12.1 Å². The van der Waals surface area contributed by atoms with Crippen LogP contribution in [0, 0.1) is 0 Å². The van der Waals surface area contributed by atoms with Crippen LogP contribution in [0.1, 0.15) is 15.9 Å². The van der Waals surface area contributed by atoms with Crippen molar-refractivity contribution >= 4 is 33.5 Å². The third-order valence-electron chi connectivity index (χ3n) is 2.94. The number of amides is 1. The Kier molecular flexibility index (Phi) is 5.11. The fourth-order valence-electron chi connectivity index (χ4n) is 1.83. The van der Waals surface area contributed by atoms with Crippen LogP contribution in [-0.2, 0) is 11.2 Å². The highest BCUT2D eigenvalue weighted by Gasteiger charge is 2.15. The third-order valence-corrected chi connectivity index (χ3v) is 3.68. The third kappa shape index (κ3) is 4.43. The number of carbonyl (C=O) groups is 2. The van der Waals surface area contributed by atoms with Gasteiger partial charge >= 0.3 is 5.97 Å². The molecule has 0 fully saturated rings. The lowest BCUT2D eigenvalue weighted by Gasteiger charge is -2.11. The second-order valence-corrected chi connectivity index (χ2v) is 5.63. The van der Waals surface area contributed by atoms with Crippen molar-refractivity contribution in [1.29, 1.82) is 0 Å². The Morgan fingerprint density at radius 1 is 1.05 bits per heavy atom. The lowest BCUT2D eigenvalue weighted by molar-refractivity contribution is -0.115. The fraction of sp³-hybridized carbons (Fsp3) is 0.125. The Labute approximate surface area is 130 Å². The van der Waals surface area contributed by atoms with E-state index in [0.717, 1.165) is 5.56 Å². The monoisotopic (exact) mass is 347 g/mol. The van der Waals surface area contributed by atoms with Gasteiger partial charge in [-0.05, 0) is 36.2 Å². The highest BCUT2D eigenvalue weighted by molar-refractivity contribution is 9.10. The van der Waals surface area contributed by atoms with Crippen molar-refractivity contribution < 1.29 is 14.7 Å². The summed E-state index contributed by atoms with van der Waals surface area (Å²) in [6, 6.07) is 15.8. The first kappa shape index (κ1) is 15.3. The molecule has 1 unspecified atom stereocenters. The number of benzene rings is 2. The molecular formula is C16H14BrNO3. The summed E-state index contributed by atoms with van der Waals surface area (Å²) < 4.78 is 0. The molecule has 1 atom stereocenters. The minimum absolute atomic E-state index is 0.165. The fourth-order valence-corrected chi connectivity index (χ4v) is 2.32. The van der Waals surface area contributed by atoms with Crippen molar-refractivity contribution in [2.75, 3.05) is 5.32 Å². The van der Waals surface area contributed by atoms with Crippen LogP contribution in [-0.4, -0.2) is 21.8 Å². The van der Waals surface area contributed by atoms with E-state index in [0.29, 0.717) is 12.1 Å². The van der Waals surface area contributed by atoms with Crippen LogP contribution < -0.4 is 5.32 Å². The van der Waals surface area contributed by atoms with Crippen LogP contribution in [0.2, 0.25) is 0 Å². The molecule has 1 amide bonds. The number of rotatable bonds is 5. The van der Waals surface area contributed by atoms with Crippen molar-refractivity contribution in [3.63, 3.8) is 0 Å². The normalized spacial score (nSPS) is 11.7. The number of hydrogen-bond donors (Lipinski definition) is 2. The molecule has 21 heavy (non-hydrogen) atoms. The molecule has 0 aliphatic carbocycles. The molecule has 0 saturated heterocycles. The molecule has 0 heterocycles. The molecule has 2 aromatic rings. The van der Waals surface area contributed by atoms with Gasteiger partial charge in [0.1, 0.15) is 0 Å². The largest absolute Gasteiger partial charge is 0.478 e. The first-order valence-corrected chi connectivity index (χ1v) is 7.30. The van der Waals surface area contributed by atoms with Crippen LogP contribution >= 0.6 is 15.9 Å². The molecular weight excluding hydrogens is 334 g/mol. The number of nitrogens with one attached hydrogen (secondary N) is 1. The number of halogens is 1. The molecule has 2 aromatic carbocycles. The number of alkyl halides is 1. The van der Waals surface area contributed by atoms with Gasteiger partial charge in [-0.1, -0.05) is 46.3 Å². The van der Waals surface area contributed by atoms with E-state index < -0.39 is 5.97 Å². The summed E-state index contributed by atoms with van der Waals surface area (Å²) in [7, 11) is 0. The van der Waals surface area contributed by atoms with Crippen molar-refractivity contribution in [1.82, 2.24) is 0 Å². The Balaban J connectivity index is 1.95. The number of anilines is 1. The minimum atomic E-state index is -0.990. The summed E-state index contributed by atoms with van der Waals surface area (Å²) in [4.78, 5) is 22.5. The SMILES string of the molecule is O=C(O)c1ccc(NC(=O)C(Br)Cc2ccccc2)cc1. The molecule has 4 nitrogen and oxygen atoms in total. The molecule has 108 valence electrons. The Morgan fingerprint density at radius 3 is 2.24 bits per heavy atom. The van der Waals surface area contributed by atoms with Crippen LogP contribution in [0.3, 0.4) is 0 Å². The first-order valence-electron chi connectivity index (χ1n) is 6.38. The van der Waals surface area contributed by atoms with Gasteiger partial charge in [-0.3, -0.25) is 4.79 Å². The molecule has 0 bridgehead atoms. The smallest absolute Gasteiger partial charge is 0.335 e. The van der Waals surface area contributed by atoms with E-state index in [-0.39, 0.29) is 16.3 Å². The number of carboxylic acid groups (broad SMARTS) is 1. The molecule has 5 heteroatoms. The van der Waals surface area contributed by atoms with Gasteiger partial charge in [0.25, 0.3) is 0 Å². The number of aromatic carboxylic acids is 1. The Hall–Kier alpha value is -2.14. The highest BCUT2D eigenvalue weighted by Crippen LogP contribution is 2.14. The zero-order chi connectivity index (χ0) is 15.2. The van der Waals surface area contributed by atoms with E-state index in [1.165, 1.54) is 12.1 Å². The zero-order valence-corrected chi connectivity index (χ0v) is 12.7. The maximum atomic E-state index is 12.1. The van der Waals surface area contributed by atoms with Crippen molar-refractivity contribution in [3.8, 4) is 0 Å². The standard InChI is InChI=1S/C16H14BrNO3/c17-14(10-11-4-2-1-3-5-11)15(19)18-13-8-6-12(7-9-13)16(20)21/h1-9,14H,10H2,(H,18,19)(H,20,21).